The lowest BCUT2D eigenvalue weighted by Gasteiger charge is -1.89. The summed E-state index contributed by atoms with van der Waals surface area (Å²) in [6.07, 6.45) is 1.13. The molecule has 0 aromatic heterocycles. The Kier molecular flexibility index (Phi) is 2.84. The average molecular weight is 114 g/mol. The van der Waals surface area contributed by atoms with Crippen LogP contribution in [0.15, 0.2) is 4.99 Å². The highest BCUT2D eigenvalue weighted by atomic mass is 16.1. The van der Waals surface area contributed by atoms with Gasteiger partial charge in [-0.25, -0.2) is 0 Å². The van der Waals surface area contributed by atoms with Crippen molar-refractivity contribution in [2.24, 2.45) is 10.7 Å². The summed E-state index contributed by atoms with van der Waals surface area (Å²) in [5.74, 6) is -0.487. The fourth-order valence-electron chi connectivity index (χ4n) is 0.223. The van der Waals surface area contributed by atoms with Crippen LogP contribution in [0.2, 0.25) is 0 Å². The van der Waals surface area contributed by atoms with Gasteiger partial charge in [0, 0.05) is 6.04 Å². The van der Waals surface area contributed by atoms with Crippen LogP contribution in [-0.2, 0) is 4.79 Å². The second-order valence-electron chi connectivity index (χ2n) is 1.77. The molecule has 1 amide bonds. The van der Waals surface area contributed by atoms with Crippen LogP contribution in [0, 0.1) is 0 Å². The van der Waals surface area contributed by atoms with Gasteiger partial charge in [-0.2, -0.15) is 0 Å². The Morgan fingerprint density at radius 1 is 1.75 bits per heavy atom. The zero-order valence-corrected chi connectivity index (χ0v) is 5.09. The maximum absolute atomic E-state index is 9.98. The molecule has 0 radical (unpaired) electrons. The summed E-state index contributed by atoms with van der Waals surface area (Å²) in [7, 11) is 0. The van der Waals surface area contributed by atoms with Gasteiger partial charge >= 0.3 is 0 Å². The Labute approximate surface area is 48.6 Å². The summed E-state index contributed by atoms with van der Waals surface area (Å²) < 4.78 is 0. The number of carbonyl (C=O) groups is 1. The van der Waals surface area contributed by atoms with Crippen molar-refractivity contribution < 1.29 is 4.79 Å². The average Bonchev–Trinajstić information content (AvgIpc) is 1.61. The molecule has 0 aliphatic rings. The molecule has 0 heterocycles. The van der Waals surface area contributed by atoms with Gasteiger partial charge in [-0.05, 0) is 13.8 Å². The van der Waals surface area contributed by atoms with Crippen molar-refractivity contribution in [3.63, 3.8) is 0 Å². The molecular weight excluding hydrogens is 104 g/mol. The molecule has 46 valence electrons. The van der Waals surface area contributed by atoms with E-state index in [-0.39, 0.29) is 6.04 Å². The summed E-state index contributed by atoms with van der Waals surface area (Å²) in [4.78, 5) is 13.7. The lowest BCUT2D eigenvalue weighted by Crippen LogP contribution is -2.12. The second-order valence-corrected chi connectivity index (χ2v) is 1.77. The first-order chi connectivity index (χ1) is 3.63. The maximum atomic E-state index is 9.98. The molecule has 0 unspecified atom stereocenters. The van der Waals surface area contributed by atoms with Gasteiger partial charge in [0.2, 0.25) is 0 Å². The van der Waals surface area contributed by atoms with Gasteiger partial charge in [0.1, 0.15) is 0 Å². The minimum atomic E-state index is -0.487. The monoisotopic (exact) mass is 114 g/mol. The first-order valence-electron chi connectivity index (χ1n) is 2.45. The molecule has 0 saturated carbocycles. The normalized spacial score (nSPS) is 10.9. The topological polar surface area (TPSA) is 55.4 Å². The molecule has 0 saturated heterocycles. The predicted molar refractivity (Wildman–Crippen MR) is 32.8 cm³/mol. The zero-order chi connectivity index (χ0) is 6.57. The standard InChI is InChI=1S/C5H10N2O/c1-4(2)7-3-5(6)8/h3-4H,1-2H3,(H2,6,8). The van der Waals surface area contributed by atoms with E-state index in [0.717, 1.165) is 6.21 Å². The molecule has 3 heteroatoms. The summed E-state index contributed by atoms with van der Waals surface area (Å²) in [5.41, 5.74) is 4.75. The van der Waals surface area contributed by atoms with E-state index in [4.69, 9.17) is 5.73 Å². The van der Waals surface area contributed by atoms with Crippen LogP contribution in [0.5, 0.6) is 0 Å². The number of aliphatic imine (C=N–C) groups is 1. The summed E-state index contributed by atoms with van der Waals surface area (Å²) in [6.45, 7) is 3.75. The number of nitrogens with two attached hydrogens (primary N) is 1. The molecule has 0 spiro atoms. The predicted octanol–water partition coefficient (Wildman–Crippen LogP) is -0.0491. The molecular formula is C5H10N2O. The van der Waals surface area contributed by atoms with Crippen molar-refractivity contribution in [3.8, 4) is 0 Å². The number of nitrogens with zero attached hydrogens (tertiary/aromatic N) is 1. The highest BCUT2D eigenvalue weighted by Crippen LogP contribution is 1.80. The molecule has 3 nitrogen and oxygen atoms in total. The molecule has 0 bridgehead atoms. The van der Waals surface area contributed by atoms with Crippen LogP contribution in [0.25, 0.3) is 0 Å². The summed E-state index contributed by atoms with van der Waals surface area (Å²) >= 11 is 0. The minimum Gasteiger partial charge on any atom is -0.365 e. The molecule has 0 aliphatic heterocycles. The van der Waals surface area contributed by atoms with E-state index < -0.39 is 5.91 Å². The Morgan fingerprint density at radius 2 is 2.25 bits per heavy atom. The van der Waals surface area contributed by atoms with Gasteiger partial charge in [-0.3, -0.25) is 9.79 Å². The van der Waals surface area contributed by atoms with E-state index in [2.05, 4.69) is 4.99 Å². The maximum Gasteiger partial charge on any atom is 0.259 e. The van der Waals surface area contributed by atoms with E-state index in [1.165, 1.54) is 0 Å². The van der Waals surface area contributed by atoms with Gasteiger partial charge in [-0.15, -0.1) is 0 Å². The number of primary amides is 1. The molecule has 0 rings (SSSR count). The molecule has 0 aromatic carbocycles. The fraction of sp³-hybridized carbons (Fsp3) is 0.600. The van der Waals surface area contributed by atoms with E-state index in [0.29, 0.717) is 0 Å². The lowest BCUT2D eigenvalue weighted by atomic mass is 10.4. The van der Waals surface area contributed by atoms with Crippen LogP contribution < -0.4 is 5.73 Å². The van der Waals surface area contributed by atoms with Crippen molar-refractivity contribution >= 4 is 12.1 Å². The second kappa shape index (κ2) is 3.18. The van der Waals surface area contributed by atoms with Crippen molar-refractivity contribution in [1.82, 2.24) is 0 Å². The molecule has 0 atom stereocenters. The first-order valence-corrected chi connectivity index (χ1v) is 2.45. The number of hydrogen-bond acceptors (Lipinski definition) is 2. The van der Waals surface area contributed by atoms with Gasteiger partial charge in [0.05, 0.1) is 6.21 Å². The number of rotatable bonds is 2. The fourth-order valence-corrected chi connectivity index (χ4v) is 0.223. The van der Waals surface area contributed by atoms with E-state index in [1.807, 2.05) is 13.8 Å². The first kappa shape index (κ1) is 7.14. The van der Waals surface area contributed by atoms with E-state index in [9.17, 15) is 4.79 Å². The molecule has 0 aliphatic carbocycles. The largest absolute Gasteiger partial charge is 0.365 e. The Morgan fingerprint density at radius 3 is 2.38 bits per heavy atom. The Balaban J connectivity index is 3.50. The number of carbonyl (C=O) groups excluding carboxylic acids is 1. The van der Waals surface area contributed by atoms with Gasteiger partial charge < -0.3 is 5.73 Å². The smallest absolute Gasteiger partial charge is 0.259 e. The lowest BCUT2D eigenvalue weighted by molar-refractivity contribution is -0.111. The van der Waals surface area contributed by atoms with Crippen LogP contribution in [0.4, 0.5) is 0 Å². The zero-order valence-electron chi connectivity index (χ0n) is 5.09. The van der Waals surface area contributed by atoms with Crippen molar-refractivity contribution in [3.05, 3.63) is 0 Å². The quantitative estimate of drug-likeness (QED) is 0.503. The van der Waals surface area contributed by atoms with Crippen LogP contribution >= 0.6 is 0 Å². The molecule has 0 fully saturated rings. The van der Waals surface area contributed by atoms with Crippen LogP contribution in [0.3, 0.4) is 0 Å². The van der Waals surface area contributed by atoms with E-state index >= 15 is 0 Å². The van der Waals surface area contributed by atoms with Crippen LogP contribution in [-0.4, -0.2) is 18.2 Å². The molecule has 8 heavy (non-hydrogen) atoms. The highest BCUT2D eigenvalue weighted by Gasteiger charge is 1.85. The van der Waals surface area contributed by atoms with Crippen molar-refractivity contribution in [2.75, 3.05) is 0 Å². The van der Waals surface area contributed by atoms with E-state index in [1.54, 1.807) is 0 Å². The third kappa shape index (κ3) is 5.14. The number of amides is 1. The Bertz CT molecular complexity index is 107. The molecule has 2 N–H and O–H groups in total. The van der Waals surface area contributed by atoms with Gasteiger partial charge in [-0.1, -0.05) is 0 Å². The minimum absolute atomic E-state index is 0.155. The third-order valence-corrected chi connectivity index (χ3v) is 0.500. The van der Waals surface area contributed by atoms with Gasteiger partial charge in [0.25, 0.3) is 5.91 Å². The molecule has 0 aromatic rings. The summed E-state index contributed by atoms with van der Waals surface area (Å²) in [6, 6.07) is 0.155. The van der Waals surface area contributed by atoms with Crippen molar-refractivity contribution in [1.29, 1.82) is 0 Å². The van der Waals surface area contributed by atoms with Crippen molar-refractivity contribution in [2.45, 2.75) is 19.9 Å². The SMILES string of the molecule is CC(C)N=CC(N)=O. The highest BCUT2D eigenvalue weighted by molar-refractivity contribution is 6.25. The van der Waals surface area contributed by atoms with Gasteiger partial charge in [0.15, 0.2) is 0 Å². The Hall–Kier alpha value is -0.860. The summed E-state index contributed by atoms with van der Waals surface area (Å²) in [5, 5.41) is 0. The number of hydrogen-bond donors (Lipinski definition) is 1. The van der Waals surface area contributed by atoms with Crippen LogP contribution in [0.1, 0.15) is 13.8 Å². The third-order valence-electron chi connectivity index (χ3n) is 0.500.